The number of hydrogen-bond acceptors (Lipinski definition) is 6. The fourth-order valence-corrected chi connectivity index (χ4v) is 4.59. The first-order chi connectivity index (χ1) is 15.9. The number of carbonyl (C=O) groups is 1. The highest BCUT2D eigenvalue weighted by atomic mass is 32.2. The number of carbonyl (C=O) groups excluding carboxylic acids is 1. The number of amides is 1. The summed E-state index contributed by atoms with van der Waals surface area (Å²) in [6.07, 6.45) is 0. The predicted octanol–water partition coefficient (Wildman–Crippen LogP) is 1.07. The molecule has 11 heteroatoms. The van der Waals surface area contributed by atoms with Crippen molar-refractivity contribution in [3.63, 3.8) is 0 Å². The smallest absolute Gasteiger partial charge is 0.330 e. The minimum absolute atomic E-state index is 0.0577. The second kappa shape index (κ2) is 9.65. The zero-order chi connectivity index (χ0) is 25.2. The van der Waals surface area contributed by atoms with Gasteiger partial charge in [0.1, 0.15) is 5.82 Å². The van der Waals surface area contributed by atoms with Crippen molar-refractivity contribution in [2.24, 2.45) is 0 Å². The van der Waals surface area contributed by atoms with Crippen LogP contribution in [0.4, 0.5) is 11.5 Å². The van der Waals surface area contributed by atoms with Crippen molar-refractivity contribution in [2.45, 2.75) is 25.3 Å². The van der Waals surface area contributed by atoms with E-state index in [1.807, 2.05) is 13.0 Å². The van der Waals surface area contributed by atoms with Gasteiger partial charge in [-0.15, -0.1) is 0 Å². The van der Waals surface area contributed by atoms with Crippen molar-refractivity contribution in [1.29, 1.82) is 0 Å². The van der Waals surface area contributed by atoms with Crippen LogP contribution in [0.2, 0.25) is 0 Å². The molecule has 3 N–H and O–H groups in total. The molecule has 0 saturated carbocycles. The molecule has 180 valence electrons. The number of benzene rings is 2. The SMILES string of the molecule is Cc1ccc(S(=O)(=O)N(C)CC(=O)N(C)c2c(N)n(Cc3ccccc3)c(=O)[nH]c2=O)cc1C. The van der Waals surface area contributed by atoms with Crippen LogP contribution in [-0.4, -0.2) is 48.8 Å². The highest BCUT2D eigenvalue weighted by molar-refractivity contribution is 7.89. The summed E-state index contributed by atoms with van der Waals surface area (Å²) in [4.78, 5) is 41.0. The van der Waals surface area contributed by atoms with Crippen LogP contribution in [0.1, 0.15) is 16.7 Å². The predicted molar refractivity (Wildman–Crippen MR) is 130 cm³/mol. The van der Waals surface area contributed by atoms with Gasteiger partial charge in [-0.1, -0.05) is 36.4 Å². The number of nitrogens with one attached hydrogen (secondary N) is 1. The lowest BCUT2D eigenvalue weighted by Crippen LogP contribution is -2.43. The Morgan fingerprint density at radius 1 is 1.03 bits per heavy atom. The molecule has 1 aromatic heterocycles. The van der Waals surface area contributed by atoms with Crippen LogP contribution in [0.25, 0.3) is 0 Å². The Bertz CT molecular complexity index is 1440. The molecular formula is C23H27N5O5S. The molecule has 0 atom stereocenters. The average molecular weight is 486 g/mol. The van der Waals surface area contributed by atoms with Gasteiger partial charge in [-0.05, 0) is 42.7 Å². The molecular weight excluding hydrogens is 458 g/mol. The van der Waals surface area contributed by atoms with Crippen LogP contribution in [0.5, 0.6) is 0 Å². The van der Waals surface area contributed by atoms with E-state index in [9.17, 15) is 22.8 Å². The van der Waals surface area contributed by atoms with Crippen molar-refractivity contribution >= 4 is 27.4 Å². The summed E-state index contributed by atoms with van der Waals surface area (Å²) >= 11 is 0. The first-order valence-electron chi connectivity index (χ1n) is 10.4. The largest absolute Gasteiger partial charge is 0.383 e. The van der Waals surface area contributed by atoms with Gasteiger partial charge in [-0.3, -0.25) is 19.1 Å². The van der Waals surface area contributed by atoms with Crippen LogP contribution in [0.15, 0.2) is 63.0 Å². The van der Waals surface area contributed by atoms with E-state index in [-0.39, 0.29) is 22.9 Å². The Hall–Kier alpha value is -3.70. The number of anilines is 2. The lowest BCUT2D eigenvalue weighted by atomic mass is 10.1. The standard InChI is InChI=1S/C23H27N5O5S/c1-15-10-11-18(12-16(15)2)34(32,33)26(3)14-19(29)27(4)20-21(24)28(23(31)25-22(20)30)13-17-8-6-5-7-9-17/h5-12H,13-14,24H2,1-4H3,(H,25,30,31). The van der Waals surface area contributed by atoms with Crippen molar-refractivity contribution in [3.05, 3.63) is 86.1 Å². The summed E-state index contributed by atoms with van der Waals surface area (Å²) in [5, 5.41) is 0. The molecule has 10 nitrogen and oxygen atoms in total. The topological polar surface area (TPSA) is 139 Å². The van der Waals surface area contributed by atoms with E-state index in [1.165, 1.54) is 26.2 Å². The molecule has 0 radical (unpaired) electrons. The van der Waals surface area contributed by atoms with E-state index in [0.29, 0.717) is 0 Å². The van der Waals surface area contributed by atoms with E-state index >= 15 is 0 Å². The molecule has 0 aliphatic carbocycles. The lowest BCUT2D eigenvalue weighted by Gasteiger charge is -2.23. The minimum Gasteiger partial charge on any atom is -0.383 e. The second-order valence-corrected chi connectivity index (χ2v) is 10.1. The van der Waals surface area contributed by atoms with Gasteiger partial charge < -0.3 is 10.6 Å². The fourth-order valence-electron chi connectivity index (χ4n) is 3.39. The molecule has 0 fully saturated rings. The van der Waals surface area contributed by atoms with Crippen LogP contribution < -0.4 is 21.9 Å². The number of rotatable bonds is 7. The first-order valence-corrected chi connectivity index (χ1v) is 11.8. The molecule has 34 heavy (non-hydrogen) atoms. The van der Waals surface area contributed by atoms with Gasteiger partial charge in [0.25, 0.3) is 5.56 Å². The highest BCUT2D eigenvalue weighted by Gasteiger charge is 2.27. The number of H-pyrrole nitrogens is 1. The Labute approximate surface area is 197 Å². The highest BCUT2D eigenvalue weighted by Crippen LogP contribution is 2.20. The molecule has 2 aromatic carbocycles. The van der Waals surface area contributed by atoms with E-state index in [4.69, 9.17) is 5.73 Å². The van der Waals surface area contributed by atoms with Crippen LogP contribution >= 0.6 is 0 Å². The Morgan fingerprint density at radius 3 is 2.29 bits per heavy atom. The van der Waals surface area contributed by atoms with Crippen LogP contribution in [0.3, 0.4) is 0 Å². The molecule has 1 amide bonds. The Kier molecular flexibility index (Phi) is 7.08. The average Bonchev–Trinajstić information content (AvgIpc) is 2.78. The van der Waals surface area contributed by atoms with Crippen LogP contribution in [0, 0.1) is 13.8 Å². The third-order valence-electron chi connectivity index (χ3n) is 5.65. The quantitative estimate of drug-likeness (QED) is 0.513. The molecule has 1 heterocycles. The van der Waals surface area contributed by atoms with Crippen molar-refractivity contribution in [2.75, 3.05) is 31.3 Å². The Morgan fingerprint density at radius 2 is 1.68 bits per heavy atom. The second-order valence-electron chi connectivity index (χ2n) is 8.02. The summed E-state index contributed by atoms with van der Waals surface area (Å²) < 4.78 is 27.9. The number of nitrogens with two attached hydrogens (primary N) is 1. The van der Waals surface area contributed by atoms with Crippen molar-refractivity contribution in [3.8, 4) is 0 Å². The van der Waals surface area contributed by atoms with Gasteiger partial charge >= 0.3 is 5.69 Å². The number of likely N-dealkylation sites (N-methyl/N-ethyl adjacent to an activating group) is 2. The molecule has 0 aliphatic heterocycles. The molecule has 0 aliphatic rings. The van der Waals surface area contributed by atoms with Gasteiger partial charge in [-0.25, -0.2) is 13.2 Å². The minimum atomic E-state index is -3.95. The summed E-state index contributed by atoms with van der Waals surface area (Å²) in [5.74, 6) is -0.898. The van der Waals surface area contributed by atoms with E-state index in [1.54, 1.807) is 37.3 Å². The Balaban J connectivity index is 1.89. The summed E-state index contributed by atoms with van der Waals surface area (Å²) in [6, 6.07) is 13.7. The van der Waals surface area contributed by atoms with Gasteiger partial charge in [0.15, 0.2) is 5.69 Å². The summed E-state index contributed by atoms with van der Waals surface area (Å²) in [6.45, 7) is 3.21. The number of nitrogens with zero attached hydrogens (tertiary/aromatic N) is 3. The molecule has 3 aromatic rings. The third kappa shape index (κ3) is 4.95. The van der Waals surface area contributed by atoms with Crippen molar-refractivity contribution < 1.29 is 13.2 Å². The van der Waals surface area contributed by atoms with Gasteiger partial charge in [0.05, 0.1) is 18.0 Å². The zero-order valence-corrected chi connectivity index (χ0v) is 20.2. The van der Waals surface area contributed by atoms with Gasteiger partial charge in [0.2, 0.25) is 15.9 Å². The monoisotopic (exact) mass is 485 g/mol. The number of hydrogen-bond donors (Lipinski definition) is 2. The van der Waals surface area contributed by atoms with E-state index in [2.05, 4.69) is 4.98 Å². The summed E-state index contributed by atoms with van der Waals surface area (Å²) in [5.41, 5.74) is 6.84. The fraction of sp³-hybridized carbons (Fsp3) is 0.261. The zero-order valence-electron chi connectivity index (χ0n) is 19.4. The van der Waals surface area contributed by atoms with Crippen molar-refractivity contribution in [1.82, 2.24) is 13.9 Å². The molecule has 3 rings (SSSR count). The lowest BCUT2D eigenvalue weighted by molar-refractivity contribution is -0.118. The normalized spacial score (nSPS) is 11.6. The maximum absolute atomic E-state index is 12.9. The van der Waals surface area contributed by atoms with E-state index < -0.39 is 33.7 Å². The first kappa shape index (κ1) is 24.9. The number of aromatic amines is 1. The molecule has 0 spiro atoms. The maximum atomic E-state index is 12.9. The number of aromatic nitrogens is 2. The molecule has 0 unspecified atom stereocenters. The summed E-state index contributed by atoms with van der Waals surface area (Å²) in [7, 11) is -1.37. The number of sulfonamides is 1. The number of aryl methyl sites for hydroxylation is 2. The van der Waals surface area contributed by atoms with Gasteiger partial charge in [-0.2, -0.15) is 4.31 Å². The molecule has 0 saturated heterocycles. The number of nitrogen functional groups attached to an aromatic ring is 1. The van der Waals surface area contributed by atoms with Crippen LogP contribution in [-0.2, 0) is 21.4 Å². The molecule has 0 bridgehead atoms. The maximum Gasteiger partial charge on any atom is 0.330 e. The van der Waals surface area contributed by atoms with E-state index in [0.717, 1.165) is 30.5 Å². The van der Waals surface area contributed by atoms with Gasteiger partial charge in [0, 0.05) is 14.1 Å². The third-order valence-corrected chi connectivity index (χ3v) is 7.45.